The number of nitro groups is 2. The van der Waals surface area contributed by atoms with Crippen molar-refractivity contribution in [1.29, 1.82) is 0 Å². The Balaban J connectivity index is 1.68. The molecule has 0 aromatic heterocycles. The number of hydrogen-bond donors (Lipinski definition) is 0. The maximum Gasteiger partial charge on any atom is 0.433 e. The fourth-order valence-electron chi connectivity index (χ4n) is 3.79. The van der Waals surface area contributed by atoms with E-state index >= 15 is 13.2 Å². The number of non-ortho nitro benzene ring substituents is 2. The minimum absolute atomic E-state index is 0.0468. The van der Waals surface area contributed by atoms with Crippen LogP contribution in [0.1, 0.15) is 11.1 Å². The molecule has 4 rings (SSSR count). The van der Waals surface area contributed by atoms with E-state index in [1.807, 2.05) is 0 Å². The lowest BCUT2D eigenvalue weighted by Gasteiger charge is -2.35. The normalized spacial score (nSPS) is 13.2. The Morgan fingerprint density at radius 3 is 1.32 bits per heavy atom. The molecule has 0 aliphatic heterocycles. The molecule has 0 aliphatic rings. The average molecular weight is 578 g/mol. The Labute approximate surface area is 226 Å². The van der Waals surface area contributed by atoms with Gasteiger partial charge in [-0.3, -0.25) is 20.2 Å². The van der Waals surface area contributed by atoms with Crippen molar-refractivity contribution in [3.63, 3.8) is 0 Å². The van der Waals surface area contributed by atoms with Crippen molar-refractivity contribution < 1.29 is 45.7 Å². The summed E-state index contributed by atoms with van der Waals surface area (Å²) in [5.74, 6) is -6.13. The zero-order valence-corrected chi connectivity index (χ0v) is 20.3. The SMILES string of the molecule is O=[N+]([O-])c1ccc(Oc2cccc(C(F)(F)C(F)(c3cccc(Oc4ccc([N+](=O)[O-])cc4)c3)C(F)(F)F)c2)cc1. The van der Waals surface area contributed by atoms with Gasteiger partial charge in [-0.1, -0.05) is 24.3 Å². The van der Waals surface area contributed by atoms with Crippen LogP contribution in [0.2, 0.25) is 0 Å². The topological polar surface area (TPSA) is 105 Å². The van der Waals surface area contributed by atoms with Crippen molar-refractivity contribution in [2.45, 2.75) is 17.8 Å². The fourth-order valence-corrected chi connectivity index (χ4v) is 3.79. The molecule has 0 fully saturated rings. The minimum Gasteiger partial charge on any atom is -0.457 e. The summed E-state index contributed by atoms with van der Waals surface area (Å²) in [5.41, 5.74) is -8.65. The molecule has 0 saturated carbocycles. The minimum atomic E-state index is -6.11. The lowest BCUT2D eigenvalue weighted by Crippen LogP contribution is -2.51. The molecule has 212 valence electrons. The second kappa shape index (κ2) is 10.8. The van der Waals surface area contributed by atoms with Crippen molar-refractivity contribution in [2.24, 2.45) is 0 Å². The number of rotatable bonds is 9. The maximum atomic E-state index is 15.9. The van der Waals surface area contributed by atoms with Crippen LogP contribution in [0.4, 0.5) is 37.7 Å². The lowest BCUT2D eigenvalue weighted by atomic mass is 9.84. The van der Waals surface area contributed by atoms with E-state index in [2.05, 4.69) is 0 Å². The highest BCUT2D eigenvalue weighted by Crippen LogP contribution is 2.57. The van der Waals surface area contributed by atoms with E-state index in [0.29, 0.717) is 24.3 Å². The third-order valence-corrected chi connectivity index (χ3v) is 5.82. The molecule has 41 heavy (non-hydrogen) atoms. The summed E-state index contributed by atoms with van der Waals surface area (Å²) in [5, 5.41) is 21.6. The standard InChI is InChI=1S/C27H16F6N2O6/c28-25(27(31,32)33,17-3-1-5-23(15-17)40-21-11-7-19(8-12-21)34(36)37)26(29,30)18-4-2-6-24(16-18)41-22-13-9-20(10-14-22)35(38)39/h1-16H. The molecule has 0 N–H and O–H groups in total. The van der Waals surface area contributed by atoms with Crippen LogP contribution in [0.5, 0.6) is 23.0 Å². The quantitative estimate of drug-likeness (QED) is 0.112. The third kappa shape index (κ3) is 5.76. The molecule has 0 aliphatic carbocycles. The first-order valence-corrected chi connectivity index (χ1v) is 11.4. The number of nitro benzene ring substituents is 2. The number of halogens is 6. The van der Waals surface area contributed by atoms with Crippen LogP contribution in [-0.4, -0.2) is 16.0 Å². The van der Waals surface area contributed by atoms with Gasteiger partial charge in [-0.05, 0) is 48.5 Å². The van der Waals surface area contributed by atoms with Crippen LogP contribution >= 0.6 is 0 Å². The Morgan fingerprint density at radius 1 is 0.537 bits per heavy atom. The molecule has 0 amide bonds. The van der Waals surface area contributed by atoms with E-state index < -0.39 is 44.5 Å². The van der Waals surface area contributed by atoms with Crippen LogP contribution < -0.4 is 9.47 Å². The van der Waals surface area contributed by atoms with Gasteiger partial charge in [-0.2, -0.15) is 22.0 Å². The Morgan fingerprint density at radius 2 is 0.927 bits per heavy atom. The Bertz CT molecular complexity index is 1580. The highest BCUT2D eigenvalue weighted by atomic mass is 19.4. The smallest absolute Gasteiger partial charge is 0.433 e. The summed E-state index contributed by atoms with van der Waals surface area (Å²) < 4.78 is 100. The largest absolute Gasteiger partial charge is 0.457 e. The Hall–Kier alpha value is -5.14. The molecule has 0 bridgehead atoms. The first-order chi connectivity index (χ1) is 19.2. The van der Waals surface area contributed by atoms with Crippen molar-refractivity contribution in [2.75, 3.05) is 0 Å². The predicted octanol–water partition coefficient (Wildman–Crippen LogP) is 8.61. The zero-order valence-electron chi connectivity index (χ0n) is 20.3. The number of ether oxygens (including phenoxy) is 2. The van der Waals surface area contributed by atoms with E-state index in [1.165, 1.54) is 0 Å². The first kappa shape index (κ1) is 28.9. The van der Waals surface area contributed by atoms with E-state index in [1.54, 1.807) is 0 Å². The first-order valence-electron chi connectivity index (χ1n) is 11.4. The van der Waals surface area contributed by atoms with Gasteiger partial charge in [0.05, 0.1) is 9.85 Å². The lowest BCUT2D eigenvalue weighted by molar-refractivity contribution is -0.385. The molecule has 0 heterocycles. The maximum absolute atomic E-state index is 15.9. The van der Waals surface area contributed by atoms with Crippen LogP contribution in [0.25, 0.3) is 0 Å². The number of benzene rings is 4. The second-order valence-corrected chi connectivity index (χ2v) is 8.49. The van der Waals surface area contributed by atoms with Gasteiger partial charge in [0.25, 0.3) is 17.0 Å². The van der Waals surface area contributed by atoms with E-state index in [9.17, 15) is 33.4 Å². The van der Waals surface area contributed by atoms with Crippen LogP contribution in [0, 0.1) is 20.2 Å². The monoisotopic (exact) mass is 578 g/mol. The van der Waals surface area contributed by atoms with Gasteiger partial charge in [0.1, 0.15) is 23.0 Å². The van der Waals surface area contributed by atoms with Gasteiger partial charge in [0.2, 0.25) is 0 Å². The van der Waals surface area contributed by atoms with E-state index in [-0.39, 0.29) is 28.6 Å². The highest BCUT2D eigenvalue weighted by molar-refractivity contribution is 5.44. The van der Waals surface area contributed by atoms with Gasteiger partial charge < -0.3 is 9.47 Å². The van der Waals surface area contributed by atoms with Crippen molar-refractivity contribution >= 4 is 11.4 Å². The van der Waals surface area contributed by atoms with Gasteiger partial charge in [0.15, 0.2) is 0 Å². The second-order valence-electron chi connectivity index (χ2n) is 8.49. The van der Waals surface area contributed by atoms with Crippen molar-refractivity contribution in [3.05, 3.63) is 128 Å². The molecule has 14 heteroatoms. The molecule has 0 spiro atoms. The molecule has 0 radical (unpaired) electrons. The molecule has 0 saturated heterocycles. The van der Waals surface area contributed by atoms with Crippen molar-refractivity contribution in [3.8, 4) is 23.0 Å². The molecule has 1 unspecified atom stereocenters. The van der Waals surface area contributed by atoms with E-state index in [4.69, 9.17) is 9.47 Å². The molecule has 4 aromatic rings. The van der Waals surface area contributed by atoms with Gasteiger partial charge in [-0.15, -0.1) is 0 Å². The fraction of sp³-hybridized carbons (Fsp3) is 0.111. The summed E-state index contributed by atoms with van der Waals surface area (Å²) >= 11 is 0. The molecule has 4 aromatic carbocycles. The summed E-state index contributed by atoms with van der Waals surface area (Å²) in [4.78, 5) is 20.2. The predicted molar refractivity (Wildman–Crippen MR) is 132 cm³/mol. The summed E-state index contributed by atoms with van der Waals surface area (Å²) in [7, 11) is 0. The van der Waals surface area contributed by atoms with E-state index in [0.717, 1.165) is 72.8 Å². The molecule has 1 atom stereocenters. The van der Waals surface area contributed by atoms with Gasteiger partial charge in [0, 0.05) is 35.4 Å². The molecular weight excluding hydrogens is 562 g/mol. The third-order valence-electron chi connectivity index (χ3n) is 5.82. The zero-order chi connectivity index (χ0) is 30.0. The van der Waals surface area contributed by atoms with Gasteiger partial charge >= 0.3 is 12.1 Å². The number of hydrogen-bond acceptors (Lipinski definition) is 6. The van der Waals surface area contributed by atoms with Crippen LogP contribution in [-0.2, 0) is 11.6 Å². The van der Waals surface area contributed by atoms with Crippen LogP contribution in [0.3, 0.4) is 0 Å². The number of nitrogens with zero attached hydrogens (tertiary/aromatic N) is 2. The van der Waals surface area contributed by atoms with Crippen molar-refractivity contribution in [1.82, 2.24) is 0 Å². The molecule has 8 nitrogen and oxygen atoms in total. The van der Waals surface area contributed by atoms with Gasteiger partial charge in [-0.25, -0.2) is 4.39 Å². The van der Waals surface area contributed by atoms with Crippen LogP contribution in [0.15, 0.2) is 97.1 Å². The Kier molecular flexibility index (Phi) is 7.59. The highest BCUT2D eigenvalue weighted by Gasteiger charge is 2.72. The summed E-state index contributed by atoms with van der Waals surface area (Å²) in [6, 6.07) is 14.9. The summed E-state index contributed by atoms with van der Waals surface area (Å²) in [6.45, 7) is 0. The molecular formula is C27H16F6N2O6. The average Bonchev–Trinajstić information content (AvgIpc) is 2.93. The number of alkyl halides is 6. The summed E-state index contributed by atoms with van der Waals surface area (Å²) in [6.07, 6.45) is -6.11.